The van der Waals surface area contributed by atoms with Crippen molar-refractivity contribution in [3.05, 3.63) is 71.0 Å². The number of nitrogens with zero attached hydrogens (tertiary/aromatic N) is 3. The van der Waals surface area contributed by atoms with Gasteiger partial charge >= 0.3 is 6.09 Å². The topological polar surface area (TPSA) is 105 Å². The molecule has 0 aliphatic carbocycles. The van der Waals surface area contributed by atoms with Crippen molar-refractivity contribution in [1.82, 2.24) is 24.9 Å². The van der Waals surface area contributed by atoms with Crippen LogP contribution < -0.4 is 10.6 Å². The van der Waals surface area contributed by atoms with Crippen LogP contribution in [0.15, 0.2) is 49.1 Å². The van der Waals surface area contributed by atoms with Crippen molar-refractivity contribution in [2.75, 3.05) is 13.1 Å². The maximum atomic E-state index is 14.3. The summed E-state index contributed by atoms with van der Waals surface area (Å²) in [4.78, 5) is 45.5. The molecule has 0 radical (unpaired) electrons. The van der Waals surface area contributed by atoms with Crippen molar-refractivity contribution in [1.29, 1.82) is 0 Å². The fraction of sp³-hybridized carbons (Fsp3) is 0.448. The van der Waals surface area contributed by atoms with Gasteiger partial charge in [0.25, 0.3) is 5.91 Å². The number of piperidine rings is 1. The minimum Gasteiger partial charge on any atom is -0.444 e. The lowest BCUT2D eigenvalue weighted by Gasteiger charge is -2.40. The molecule has 0 bridgehead atoms. The zero-order valence-corrected chi connectivity index (χ0v) is 24.0. The number of carbonyl (C=O) groups is 3. The number of aromatic nitrogens is 2. The van der Waals surface area contributed by atoms with Gasteiger partial charge in [0.15, 0.2) is 0 Å². The molecule has 3 aromatic rings. The normalized spacial score (nSPS) is 18.4. The Morgan fingerprint density at radius 3 is 2.62 bits per heavy atom. The molecular weight excluding hydrogens is 537 g/mol. The lowest BCUT2D eigenvalue weighted by Crippen LogP contribution is -2.58. The highest BCUT2D eigenvalue weighted by molar-refractivity contribution is 6.30. The first-order valence-corrected chi connectivity index (χ1v) is 13.7. The van der Waals surface area contributed by atoms with E-state index in [1.54, 1.807) is 60.8 Å². The van der Waals surface area contributed by atoms with Gasteiger partial charge in [0.2, 0.25) is 5.91 Å². The molecule has 0 unspecified atom stereocenters. The third-order valence-corrected chi connectivity index (χ3v) is 7.06. The van der Waals surface area contributed by atoms with Gasteiger partial charge in [0.05, 0.1) is 29.6 Å². The molecule has 1 aromatic carbocycles. The van der Waals surface area contributed by atoms with Crippen molar-refractivity contribution >= 4 is 35.0 Å². The van der Waals surface area contributed by atoms with E-state index in [9.17, 15) is 18.8 Å². The van der Waals surface area contributed by atoms with Crippen LogP contribution in [0.4, 0.5) is 9.18 Å². The Morgan fingerprint density at radius 1 is 1.20 bits per heavy atom. The van der Waals surface area contributed by atoms with Crippen LogP contribution in [0.25, 0.3) is 5.52 Å². The Labute approximate surface area is 238 Å². The Balaban J connectivity index is 1.60. The van der Waals surface area contributed by atoms with E-state index in [2.05, 4.69) is 15.6 Å². The van der Waals surface area contributed by atoms with Crippen LogP contribution in [0.1, 0.15) is 62.9 Å². The standard InChI is InChI=1S/C29H35ClFN5O4/c1-17(2)25(34-28(39)40-29(3,4)5)26(37)33-23-15-35(10-8-21(23)18-11-19(30)13-20(31)12-18)27(38)22-7-6-9-36-16-32-14-24(22)36/h6-7,9,11-14,16-17,21,23,25H,8,10,15H2,1-5H3,(H,33,37)(H,34,39)/t21-,23+,25-/m0/s1. The number of hydrogen-bond acceptors (Lipinski definition) is 5. The molecule has 2 N–H and O–H groups in total. The van der Waals surface area contributed by atoms with Crippen LogP contribution >= 0.6 is 11.6 Å². The fourth-order valence-electron chi connectivity index (χ4n) is 5.01. The van der Waals surface area contributed by atoms with Gasteiger partial charge in [0, 0.05) is 30.2 Å². The third-order valence-electron chi connectivity index (χ3n) is 6.84. The monoisotopic (exact) mass is 571 g/mol. The summed E-state index contributed by atoms with van der Waals surface area (Å²) >= 11 is 6.17. The first kappa shape index (κ1) is 29.3. The summed E-state index contributed by atoms with van der Waals surface area (Å²) in [5.41, 5.74) is 1.06. The van der Waals surface area contributed by atoms with Crippen molar-refractivity contribution in [2.24, 2.45) is 5.92 Å². The Morgan fingerprint density at radius 2 is 1.95 bits per heavy atom. The van der Waals surface area contributed by atoms with Crippen molar-refractivity contribution < 1.29 is 23.5 Å². The minimum atomic E-state index is -0.891. The van der Waals surface area contributed by atoms with E-state index >= 15 is 0 Å². The molecule has 2 aromatic heterocycles. The number of amides is 3. The summed E-state index contributed by atoms with van der Waals surface area (Å²) in [6, 6.07) is 6.36. The molecule has 214 valence electrons. The summed E-state index contributed by atoms with van der Waals surface area (Å²) in [7, 11) is 0. The molecule has 11 heteroatoms. The van der Waals surface area contributed by atoms with Crippen LogP contribution in [0, 0.1) is 11.7 Å². The Hall–Kier alpha value is -3.66. The summed E-state index contributed by atoms with van der Waals surface area (Å²) < 4.78 is 21.4. The molecule has 4 rings (SSSR count). The van der Waals surface area contributed by atoms with Gasteiger partial charge < -0.3 is 24.7 Å². The number of fused-ring (bicyclic) bond motifs is 1. The van der Waals surface area contributed by atoms with Gasteiger partial charge in [-0.25, -0.2) is 14.2 Å². The lowest BCUT2D eigenvalue weighted by molar-refractivity contribution is -0.125. The average molecular weight is 572 g/mol. The highest BCUT2D eigenvalue weighted by Gasteiger charge is 2.37. The predicted molar refractivity (Wildman–Crippen MR) is 150 cm³/mol. The smallest absolute Gasteiger partial charge is 0.408 e. The van der Waals surface area contributed by atoms with E-state index in [0.717, 1.165) is 0 Å². The molecule has 40 heavy (non-hydrogen) atoms. The van der Waals surface area contributed by atoms with Crippen LogP contribution in [0.5, 0.6) is 0 Å². The number of likely N-dealkylation sites (tertiary alicyclic amines) is 1. The maximum absolute atomic E-state index is 14.3. The second-order valence-electron chi connectivity index (χ2n) is 11.4. The fourth-order valence-corrected chi connectivity index (χ4v) is 5.24. The quantitative estimate of drug-likeness (QED) is 0.443. The molecule has 1 saturated heterocycles. The number of rotatable bonds is 6. The van der Waals surface area contributed by atoms with E-state index in [4.69, 9.17) is 16.3 Å². The lowest BCUT2D eigenvalue weighted by atomic mass is 9.84. The molecule has 1 aliphatic rings. The van der Waals surface area contributed by atoms with Crippen LogP contribution in [0.3, 0.4) is 0 Å². The zero-order valence-electron chi connectivity index (χ0n) is 23.3. The number of imidazole rings is 1. The van der Waals surface area contributed by atoms with E-state index in [1.807, 2.05) is 20.0 Å². The summed E-state index contributed by atoms with van der Waals surface area (Å²) in [5.74, 6) is -1.68. The van der Waals surface area contributed by atoms with Crippen molar-refractivity contribution in [3.63, 3.8) is 0 Å². The van der Waals surface area contributed by atoms with E-state index in [-0.39, 0.29) is 29.3 Å². The van der Waals surface area contributed by atoms with E-state index in [1.165, 1.54) is 12.1 Å². The molecule has 3 atom stereocenters. The van der Waals surface area contributed by atoms with Crippen molar-refractivity contribution in [3.8, 4) is 0 Å². The Bertz CT molecular complexity index is 1380. The van der Waals surface area contributed by atoms with Crippen LogP contribution in [-0.2, 0) is 9.53 Å². The minimum absolute atomic E-state index is 0.176. The second kappa shape index (κ2) is 11.8. The number of nitrogens with one attached hydrogen (secondary N) is 2. The van der Waals surface area contributed by atoms with Gasteiger partial charge in [0.1, 0.15) is 17.5 Å². The largest absolute Gasteiger partial charge is 0.444 e. The van der Waals surface area contributed by atoms with Gasteiger partial charge in [-0.3, -0.25) is 9.59 Å². The van der Waals surface area contributed by atoms with E-state index in [0.29, 0.717) is 29.6 Å². The molecule has 1 fully saturated rings. The number of halogens is 2. The molecule has 3 amide bonds. The average Bonchev–Trinajstić information content (AvgIpc) is 3.34. The molecule has 3 heterocycles. The van der Waals surface area contributed by atoms with Gasteiger partial charge in [-0.1, -0.05) is 25.4 Å². The van der Waals surface area contributed by atoms with Gasteiger partial charge in [-0.05, 0) is 69.0 Å². The van der Waals surface area contributed by atoms with Gasteiger partial charge in [-0.15, -0.1) is 0 Å². The van der Waals surface area contributed by atoms with Gasteiger partial charge in [-0.2, -0.15) is 0 Å². The second-order valence-corrected chi connectivity index (χ2v) is 11.9. The summed E-state index contributed by atoms with van der Waals surface area (Å²) in [6.07, 6.45) is 4.82. The van der Waals surface area contributed by atoms with Crippen LogP contribution in [-0.4, -0.2) is 63.0 Å². The number of benzene rings is 1. The number of hydrogen-bond donors (Lipinski definition) is 2. The zero-order chi connectivity index (χ0) is 29.2. The SMILES string of the molecule is CC(C)[C@H](NC(=O)OC(C)(C)C)C(=O)N[C@@H]1CN(C(=O)c2cccn3cncc23)CC[C@H]1c1cc(F)cc(Cl)c1. The predicted octanol–water partition coefficient (Wildman–Crippen LogP) is 4.79. The highest BCUT2D eigenvalue weighted by Crippen LogP contribution is 2.32. The van der Waals surface area contributed by atoms with E-state index < -0.39 is 35.5 Å². The Kier molecular flexibility index (Phi) is 8.68. The van der Waals surface area contributed by atoms with Crippen LogP contribution in [0.2, 0.25) is 5.02 Å². The van der Waals surface area contributed by atoms with Crippen molar-refractivity contribution in [2.45, 2.75) is 64.6 Å². The molecule has 1 aliphatic heterocycles. The number of pyridine rings is 1. The molecule has 0 spiro atoms. The maximum Gasteiger partial charge on any atom is 0.408 e. The number of alkyl carbamates (subject to hydrolysis) is 1. The third kappa shape index (κ3) is 6.91. The first-order chi connectivity index (χ1) is 18.8. The first-order valence-electron chi connectivity index (χ1n) is 13.3. The number of ether oxygens (including phenoxy) is 1. The summed E-state index contributed by atoms with van der Waals surface area (Å²) in [5, 5.41) is 5.95. The molecule has 0 saturated carbocycles. The number of carbonyl (C=O) groups excluding carboxylic acids is 3. The summed E-state index contributed by atoms with van der Waals surface area (Å²) in [6.45, 7) is 9.42. The molecular formula is C29H35ClFN5O4. The highest BCUT2D eigenvalue weighted by atomic mass is 35.5. The molecule has 9 nitrogen and oxygen atoms in total.